The van der Waals surface area contributed by atoms with Gasteiger partial charge in [0.05, 0.1) is 12.0 Å². The molecule has 2 amide bonds. The van der Waals surface area contributed by atoms with Crippen LogP contribution in [0.2, 0.25) is 0 Å². The molecule has 0 saturated heterocycles. The van der Waals surface area contributed by atoms with E-state index >= 15 is 0 Å². The third kappa shape index (κ3) is 3.39. The third-order valence-corrected chi connectivity index (χ3v) is 7.07. The van der Waals surface area contributed by atoms with Gasteiger partial charge in [-0.1, -0.05) is 29.8 Å². The van der Waals surface area contributed by atoms with Gasteiger partial charge in [-0.3, -0.25) is 9.59 Å². The van der Waals surface area contributed by atoms with Crippen molar-refractivity contribution in [2.75, 3.05) is 6.54 Å². The van der Waals surface area contributed by atoms with Gasteiger partial charge in [-0.25, -0.2) is 0 Å². The summed E-state index contributed by atoms with van der Waals surface area (Å²) in [7, 11) is 0. The van der Waals surface area contributed by atoms with Crippen LogP contribution in [0.1, 0.15) is 63.5 Å². The number of hydrogen-bond donors (Lipinski definition) is 2. The Morgan fingerprint density at radius 1 is 1.07 bits per heavy atom. The first-order valence-electron chi connectivity index (χ1n) is 10.5. The molecule has 146 valence electrons. The zero-order valence-corrected chi connectivity index (χ0v) is 16.8. The smallest absolute Gasteiger partial charge is 0.239 e. The van der Waals surface area contributed by atoms with E-state index in [1.54, 1.807) is 0 Å². The van der Waals surface area contributed by atoms with E-state index in [0.29, 0.717) is 11.8 Å². The standard InChI is InChI=1S/C23H32N2O2/c1-15(2)25-20(26)13-24-21(27)23-11-17-8-18(12-23)10-22(9-17,14-23)19-6-4-16(3)5-7-19/h4-7,15,17-18H,8-14H2,1-3H3,(H,24,27)(H,25,26). The Morgan fingerprint density at radius 2 is 1.70 bits per heavy atom. The number of aryl methyl sites for hydroxylation is 1. The molecule has 4 saturated carbocycles. The number of nitrogens with one attached hydrogen (secondary N) is 2. The van der Waals surface area contributed by atoms with Gasteiger partial charge in [0.25, 0.3) is 0 Å². The van der Waals surface area contributed by atoms with E-state index in [4.69, 9.17) is 0 Å². The molecule has 0 heterocycles. The quantitative estimate of drug-likeness (QED) is 0.836. The first-order chi connectivity index (χ1) is 12.8. The highest BCUT2D eigenvalue weighted by Gasteiger charge is 2.60. The van der Waals surface area contributed by atoms with Crippen LogP contribution in [0.15, 0.2) is 24.3 Å². The Labute approximate surface area is 162 Å². The minimum absolute atomic E-state index is 0.0889. The van der Waals surface area contributed by atoms with Gasteiger partial charge in [-0.05, 0) is 82.1 Å². The highest BCUT2D eigenvalue weighted by Crippen LogP contribution is 2.65. The average molecular weight is 369 g/mol. The summed E-state index contributed by atoms with van der Waals surface area (Å²) >= 11 is 0. The second-order valence-electron chi connectivity index (χ2n) is 9.79. The summed E-state index contributed by atoms with van der Waals surface area (Å²) in [5, 5.41) is 5.83. The minimum atomic E-state index is -0.285. The van der Waals surface area contributed by atoms with Gasteiger partial charge in [-0.2, -0.15) is 0 Å². The molecule has 5 rings (SSSR count). The Hall–Kier alpha value is -1.84. The second-order valence-corrected chi connectivity index (χ2v) is 9.79. The number of hydrogen-bond acceptors (Lipinski definition) is 2. The fourth-order valence-corrected chi connectivity index (χ4v) is 6.49. The summed E-state index contributed by atoms with van der Waals surface area (Å²) < 4.78 is 0. The number of carbonyl (C=O) groups is 2. The summed E-state index contributed by atoms with van der Waals surface area (Å²) in [6, 6.07) is 9.07. The highest BCUT2D eigenvalue weighted by atomic mass is 16.2. The van der Waals surface area contributed by atoms with Crippen molar-refractivity contribution in [2.24, 2.45) is 17.3 Å². The number of rotatable bonds is 5. The lowest BCUT2D eigenvalue weighted by molar-refractivity contribution is -0.149. The van der Waals surface area contributed by atoms with Crippen LogP contribution in [-0.2, 0) is 15.0 Å². The van der Waals surface area contributed by atoms with E-state index in [-0.39, 0.29) is 35.2 Å². The molecule has 0 radical (unpaired) electrons. The Kier molecular flexibility index (Phi) is 4.56. The monoisotopic (exact) mass is 368 g/mol. The maximum absolute atomic E-state index is 13.2. The summed E-state index contributed by atoms with van der Waals surface area (Å²) in [5.74, 6) is 1.29. The van der Waals surface area contributed by atoms with Gasteiger partial charge in [0, 0.05) is 6.04 Å². The lowest BCUT2D eigenvalue weighted by Crippen LogP contribution is -2.59. The molecule has 4 aliphatic rings. The van der Waals surface area contributed by atoms with Crippen LogP contribution in [0.3, 0.4) is 0 Å². The van der Waals surface area contributed by atoms with Crippen molar-refractivity contribution in [3.05, 3.63) is 35.4 Å². The number of amides is 2. The molecule has 1 aromatic rings. The Bertz CT molecular complexity index is 723. The van der Waals surface area contributed by atoms with E-state index in [1.165, 1.54) is 30.4 Å². The van der Waals surface area contributed by atoms with Gasteiger partial charge in [0.1, 0.15) is 0 Å². The van der Waals surface area contributed by atoms with E-state index in [2.05, 4.69) is 41.8 Å². The zero-order valence-electron chi connectivity index (χ0n) is 16.8. The lowest BCUT2D eigenvalue weighted by Gasteiger charge is -2.61. The van der Waals surface area contributed by atoms with Gasteiger partial charge < -0.3 is 10.6 Å². The summed E-state index contributed by atoms with van der Waals surface area (Å²) in [5.41, 5.74) is 2.56. The fraction of sp³-hybridized carbons (Fsp3) is 0.652. The largest absolute Gasteiger partial charge is 0.352 e. The first kappa shape index (κ1) is 18.5. The van der Waals surface area contributed by atoms with Crippen LogP contribution >= 0.6 is 0 Å². The predicted molar refractivity (Wildman–Crippen MR) is 106 cm³/mol. The van der Waals surface area contributed by atoms with Gasteiger partial charge in [0.15, 0.2) is 0 Å². The van der Waals surface area contributed by atoms with Crippen molar-refractivity contribution < 1.29 is 9.59 Å². The zero-order chi connectivity index (χ0) is 19.2. The van der Waals surface area contributed by atoms with E-state index in [1.807, 2.05) is 13.8 Å². The molecule has 4 fully saturated rings. The molecule has 2 atom stereocenters. The molecule has 4 heteroatoms. The first-order valence-corrected chi connectivity index (χ1v) is 10.5. The molecule has 4 aliphatic carbocycles. The van der Waals surface area contributed by atoms with Crippen LogP contribution in [0.25, 0.3) is 0 Å². The average Bonchev–Trinajstić information content (AvgIpc) is 2.58. The van der Waals surface area contributed by atoms with Gasteiger partial charge in [0.2, 0.25) is 11.8 Å². The molecule has 0 spiro atoms. The second kappa shape index (κ2) is 6.65. The van der Waals surface area contributed by atoms with Crippen molar-refractivity contribution in [3.8, 4) is 0 Å². The molecule has 27 heavy (non-hydrogen) atoms. The molecule has 2 unspecified atom stereocenters. The fourth-order valence-electron chi connectivity index (χ4n) is 6.49. The van der Waals surface area contributed by atoms with Crippen molar-refractivity contribution in [2.45, 2.75) is 70.8 Å². The van der Waals surface area contributed by atoms with Gasteiger partial charge >= 0.3 is 0 Å². The molecular weight excluding hydrogens is 336 g/mol. The summed E-state index contributed by atoms with van der Waals surface area (Å²) in [4.78, 5) is 25.2. The molecule has 0 aromatic heterocycles. The maximum atomic E-state index is 13.2. The maximum Gasteiger partial charge on any atom is 0.239 e. The normalized spacial score (nSPS) is 33.9. The van der Waals surface area contributed by atoms with Crippen molar-refractivity contribution in [1.29, 1.82) is 0 Å². The molecule has 2 N–H and O–H groups in total. The van der Waals surface area contributed by atoms with E-state index in [9.17, 15) is 9.59 Å². The summed E-state index contributed by atoms with van der Waals surface area (Å²) in [6.07, 6.45) is 6.64. The Balaban J connectivity index is 1.54. The van der Waals surface area contributed by atoms with Crippen LogP contribution in [0.4, 0.5) is 0 Å². The molecule has 0 aliphatic heterocycles. The van der Waals surface area contributed by atoms with Crippen LogP contribution < -0.4 is 10.6 Å². The molecular formula is C23H32N2O2. The van der Waals surface area contributed by atoms with E-state index in [0.717, 1.165) is 19.3 Å². The number of benzene rings is 1. The van der Waals surface area contributed by atoms with Crippen molar-refractivity contribution in [1.82, 2.24) is 10.6 Å². The Morgan fingerprint density at radius 3 is 2.30 bits per heavy atom. The highest BCUT2D eigenvalue weighted by molar-refractivity contribution is 5.88. The van der Waals surface area contributed by atoms with E-state index < -0.39 is 0 Å². The summed E-state index contributed by atoms with van der Waals surface area (Å²) in [6.45, 7) is 6.08. The van der Waals surface area contributed by atoms with Gasteiger partial charge in [-0.15, -0.1) is 0 Å². The topological polar surface area (TPSA) is 58.2 Å². The molecule has 4 nitrogen and oxygen atoms in total. The molecule has 4 bridgehead atoms. The SMILES string of the molecule is Cc1ccc(C23CC4CC(CC(C(=O)NCC(=O)NC(C)C)(C4)C2)C3)cc1. The number of carbonyl (C=O) groups excluding carboxylic acids is 2. The van der Waals surface area contributed by atoms with Crippen LogP contribution in [-0.4, -0.2) is 24.4 Å². The third-order valence-electron chi connectivity index (χ3n) is 7.07. The van der Waals surface area contributed by atoms with Crippen LogP contribution in [0.5, 0.6) is 0 Å². The molecule has 1 aromatic carbocycles. The predicted octanol–water partition coefficient (Wildman–Crippen LogP) is 3.47. The lowest BCUT2D eigenvalue weighted by atomic mass is 9.42. The van der Waals surface area contributed by atoms with Crippen molar-refractivity contribution >= 4 is 11.8 Å². The van der Waals surface area contributed by atoms with Crippen molar-refractivity contribution in [3.63, 3.8) is 0 Å². The minimum Gasteiger partial charge on any atom is -0.352 e. The van der Waals surface area contributed by atoms with Crippen LogP contribution in [0, 0.1) is 24.2 Å².